The van der Waals surface area contributed by atoms with E-state index in [2.05, 4.69) is 0 Å². The van der Waals surface area contributed by atoms with Crippen molar-refractivity contribution in [1.29, 1.82) is 0 Å². The summed E-state index contributed by atoms with van der Waals surface area (Å²) in [5.74, 6) is -0.431. The van der Waals surface area contributed by atoms with Gasteiger partial charge in [-0.05, 0) is 40.8 Å². The summed E-state index contributed by atoms with van der Waals surface area (Å²) in [6.07, 6.45) is 0. The minimum atomic E-state index is -0.431. The van der Waals surface area contributed by atoms with Crippen molar-refractivity contribution in [2.24, 2.45) is 5.73 Å². The highest BCUT2D eigenvalue weighted by Crippen LogP contribution is 2.18. The third kappa shape index (κ3) is 2.07. The van der Waals surface area contributed by atoms with Crippen LogP contribution in [0.4, 0.5) is 0 Å². The van der Waals surface area contributed by atoms with Crippen LogP contribution in [0.3, 0.4) is 0 Å². The first-order chi connectivity index (χ1) is 5.11. The number of carbonyl (C=O) groups excluding carboxylic acids is 1. The van der Waals surface area contributed by atoms with E-state index in [1.165, 1.54) is 0 Å². The summed E-state index contributed by atoms with van der Waals surface area (Å²) in [7, 11) is 0. The molecular weight excluding hydrogens is 276 g/mol. The van der Waals surface area contributed by atoms with Gasteiger partial charge in [0, 0.05) is 9.13 Å². The monoisotopic (exact) mass is 281 g/mol. The quantitative estimate of drug-likeness (QED) is 0.787. The number of rotatable bonds is 1. The zero-order valence-electron chi connectivity index (χ0n) is 5.47. The maximum Gasteiger partial charge on any atom is 0.248 e. The van der Waals surface area contributed by atoms with Crippen molar-refractivity contribution in [2.75, 3.05) is 0 Å². The lowest BCUT2D eigenvalue weighted by atomic mass is 10.2. The molecule has 11 heavy (non-hydrogen) atoms. The molecule has 0 heterocycles. The number of benzene rings is 1. The average molecular weight is 281 g/mol. The van der Waals surface area contributed by atoms with Crippen molar-refractivity contribution >= 4 is 40.1 Å². The lowest BCUT2D eigenvalue weighted by molar-refractivity contribution is 0.100. The van der Waals surface area contributed by atoms with E-state index >= 15 is 0 Å². The lowest BCUT2D eigenvalue weighted by Gasteiger charge is -1.97. The molecule has 0 aliphatic heterocycles. The molecule has 0 unspecified atom stereocenters. The smallest absolute Gasteiger partial charge is 0.248 e. The molecule has 0 atom stereocenters. The first-order valence-corrected chi connectivity index (χ1v) is 4.32. The highest BCUT2D eigenvalue weighted by Gasteiger charge is 2.02. The molecule has 0 aliphatic carbocycles. The summed E-state index contributed by atoms with van der Waals surface area (Å²) >= 11 is 7.77. The third-order valence-corrected chi connectivity index (χ3v) is 2.75. The minimum Gasteiger partial charge on any atom is -0.366 e. The van der Waals surface area contributed by atoms with Gasteiger partial charge < -0.3 is 5.73 Å². The molecule has 1 aromatic carbocycles. The first kappa shape index (κ1) is 8.80. The van der Waals surface area contributed by atoms with Crippen LogP contribution in [0.5, 0.6) is 0 Å². The van der Waals surface area contributed by atoms with Crippen LogP contribution in [0.1, 0.15) is 10.4 Å². The van der Waals surface area contributed by atoms with E-state index in [0.717, 1.165) is 3.57 Å². The highest BCUT2D eigenvalue weighted by molar-refractivity contribution is 14.1. The number of primary amides is 1. The van der Waals surface area contributed by atoms with Gasteiger partial charge in [-0.25, -0.2) is 0 Å². The number of hydrogen-bond acceptors (Lipinski definition) is 1. The molecule has 0 aromatic heterocycles. The molecule has 1 aromatic rings. The van der Waals surface area contributed by atoms with Crippen molar-refractivity contribution in [3.05, 3.63) is 32.4 Å². The number of amides is 1. The van der Waals surface area contributed by atoms with Crippen molar-refractivity contribution in [3.8, 4) is 0 Å². The largest absolute Gasteiger partial charge is 0.366 e. The highest BCUT2D eigenvalue weighted by atomic mass is 127. The molecule has 1 rings (SSSR count). The van der Waals surface area contributed by atoms with Crippen LogP contribution in [0.15, 0.2) is 18.2 Å². The fraction of sp³-hybridized carbons (Fsp3) is 0. The van der Waals surface area contributed by atoms with Gasteiger partial charge in [0.15, 0.2) is 0 Å². The fourth-order valence-electron chi connectivity index (χ4n) is 0.649. The van der Waals surface area contributed by atoms with Crippen LogP contribution in [0, 0.1) is 3.57 Å². The molecule has 2 N–H and O–H groups in total. The Labute approximate surface area is 82.9 Å². The number of carbonyl (C=O) groups is 1. The topological polar surface area (TPSA) is 43.1 Å². The SMILES string of the molecule is NC(=O)c1ccc(Cl)c(I)c1. The Bertz CT molecular complexity index is 300. The maximum atomic E-state index is 10.6. The Balaban J connectivity index is 3.15. The molecule has 2 nitrogen and oxygen atoms in total. The van der Waals surface area contributed by atoms with E-state index in [4.69, 9.17) is 17.3 Å². The predicted octanol–water partition coefficient (Wildman–Crippen LogP) is 2.04. The van der Waals surface area contributed by atoms with Gasteiger partial charge in [-0.15, -0.1) is 0 Å². The van der Waals surface area contributed by atoms with Gasteiger partial charge in [0.25, 0.3) is 0 Å². The number of hydrogen-bond donors (Lipinski definition) is 1. The molecule has 0 fully saturated rings. The van der Waals surface area contributed by atoms with Gasteiger partial charge in [0.1, 0.15) is 0 Å². The van der Waals surface area contributed by atoms with Crippen LogP contribution in [-0.4, -0.2) is 5.91 Å². The van der Waals surface area contributed by atoms with Gasteiger partial charge in [0.05, 0.1) is 5.02 Å². The zero-order chi connectivity index (χ0) is 8.43. The van der Waals surface area contributed by atoms with Crippen LogP contribution >= 0.6 is 34.2 Å². The van der Waals surface area contributed by atoms with Crippen LogP contribution in [0.25, 0.3) is 0 Å². The Morgan fingerprint density at radius 3 is 2.64 bits per heavy atom. The van der Waals surface area contributed by atoms with E-state index in [1.807, 2.05) is 22.6 Å². The molecule has 4 heteroatoms. The summed E-state index contributed by atoms with van der Waals surface area (Å²) in [6.45, 7) is 0. The summed E-state index contributed by atoms with van der Waals surface area (Å²) in [5, 5.41) is 0.635. The standard InChI is InChI=1S/C7H5ClINO/c8-5-2-1-4(7(10)11)3-6(5)9/h1-3H,(H2,10,11). The van der Waals surface area contributed by atoms with Crippen molar-refractivity contribution in [3.63, 3.8) is 0 Å². The van der Waals surface area contributed by atoms with Crippen molar-refractivity contribution in [1.82, 2.24) is 0 Å². The Hall–Kier alpha value is -0.290. The van der Waals surface area contributed by atoms with Crippen molar-refractivity contribution < 1.29 is 4.79 Å². The van der Waals surface area contributed by atoms with E-state index < -0.39 is 5.91 Å². The van der Waals surface area contributed by atoms with Crippen LogP contribution in [-0.2, 0) is 0 Å². The molecular formula is C7H5ClINO. The summed E-state index contributed by atoms with van der Waals surface area (Å²) < 4.78 is 0.834. The Kier molecular flexibility index (Phi) is 2.72. The Morgan fingerprint density at radius 1 is 1.55 bits per heavy atom. The summed E-state index contributed by atoms with van der Waals surface area (Å²) in [4.78, 5) is 10.6. The zero-order valence-corrected chi connectivity index (χ0v) is 8.39. The van der Waals surface area contributed by atoms with Gasteiger partial charge >= 0.3 is 0 Å². The summed E-state index contributed by atoms with van der Waals surface area (Å²) in [6, 6.07) is 4.92. The molecule has 58 valence electrons. The second-order valence-corrected chi connectivity index (χ2v) is 3.56. The molecule has 0 spiro atoms. The molecule has 0 saturated carbocycles. The molecule has 0 radical (unpaired) electrons. The van der Waals surface area contributed by atoms with Gasteiger partial charge in [-0.2, -0.15) is 0 Å². The van der Waals surface area contributed by atoms with Gasteiger partial charge in [0.2, 0.25) is 5.91 Å². The van der Waals surface area contributed by atoms with Crippen LogP contribution < -0.4 is 5.73 Å². The lowest BCUT2D eigenvalue weighted by Crippen LogP contribution is -2.10. The third-order valence-electron chi connectivity index (χ3n) is 1.20. The van der Waals surface area contributed by atoms with Crippen LogP contribution in [0.2, 0.25) is 5.02 Å². The number of nitrogens with two attached hydrogens (primary N) is 1. The first-order valence-electron chi connectivity index (χ1n) is 2.86. The molecule has 1 amide bonds. The van der Waals surface area contributed by atoms with E-state index in [0.29, 0.717) is 10.6 Å². The molecule has 0 aliphatic rings. The molecule has 0 saturated heterocycles. The van der Waals surface area contributed by atoms with Gasteiger partial charge in [-0.3, -0.25) is 4.79 Å². The Morgan fingerprint density at radius 2 is 2.18 bits per heavy atom. The predicted molar refractivity (Wildman–Crippen MR) is 52.7 cm³/mol. The van der Waals surface area contributed by atoms with E-state index in [1.54, 1.807) is 18.2 Å². The minimum absolute atomic E-state index is 0.431. The van der Waals surface area contributed by atoms with Crippen molar-refractivity contribution in [2.45, 2.75) is 0 Å². The fourth-order valence-corrected chi connectivity index (χ4v) is 1.28. The second kappa shape index (κ2) is 3.40. The summed E-state index contributed by atoms with van der Waals surface area (Å²) in [5.41, 5.74) is 5.53. The second-order valence-electron chi connectivity index (χ2n) is 1.99. The number of halogens is 2. The van der Waals surface area contributed by atoms with E-state index in [9.17, 15) is 4.79 Å². The normalized spacial score (nSPS) is 9.64. The molecule has 0 bridgehead atoms. The maximum absolute atomic E-state index is 10.6. The van der Waals surface area contributed by atoms with Gasteiger partial charge in [-0.1, -0.05) is 11.6 Å². The average Bonchev–Trinajstić information content (AvgIpc) is 1.94. The van der Waals surface area contributed by atoms with E-state index in [-0.39, 0.29) is 0 Å².